The second-order valence-electron chi connectivity index (χ2n) is 4.95. The van der Waals surface area contributed by atoms with Crippen LogP contribution in [0.2, 0.25) is 0 Å². The lowest BCUT2D eigenvalue weighted by Gasteiger charge is -2.35. The fourth-order valence-electron chi connectivity index (χ4n) is 2.36. The second-order valence-corrected chi connectivity index (χ2v) is 5.68. The van der Waals surface area contributed by atoms with E-state index in [1.54, 1.807) is 0 Å². The normalized spacial score (nSPS) is 20.4. The summed E-state index contributed by atoms with van der Waals surface area (Å²) in [7, 11) is 0. The van der Waals surface area contributed by atoms with Crippen molar-refractivity contribution in [1.82, 2.24) is 14.7 Å². The molecule has 1 N–H and O–H groups in total. The average molecular weight is 308 g/mol. The first-order valence-corrected chi connectivity index (χ1v) is 7.68. The summed E-state index contributed by atoms with van der Waals surface area (Å²) in [5.74, 6) is -1.02. The summed E-state index contributed by atoms with van der Waals surface area (Å²) >= 11 is 0.843. The number of halogens is 3. The Morgan fingerprint density at radius 3 is 2.85 bits per heavy atom. The molecule has 1 fully saturated rings. The Labute approximate surface area is 120 Å². The molecule has 20 heavy (non-hydrogen) atoms. The van der Waals surface area contributed by atoms with E-state index in [0.717, 1.165) is 56.9 Å². The summed E-state index contributed by atoms with van der Waals surface area (Å²) in [4.78, 5) is 5.64. The van der Waals surface area contributed by atoms with E-state index in [-0.39, 0.29) is 6.04 Å². The number of nitrogens with one attached hydrogen (secondary N) is 1. The van der Waals surface area contributed by atoms with Gasteiger partial charge in [-0.2, -0.15) is 22.5 Å². The predicted octanol–water partition coefficient (Wildman–Crippen LogP) is 2.92. The molecule has 1 aliphatic rings. The highest BCUT2D eigenvalue weighted by atomic mass is 32.1. The Morgan fingerprint density at radius 2 is 2.20 bits per heavy atom. The lowest BCUT2D eigenvalue weighted by molar-refractivity contribution is -0.144. The van der Waals surface area contributed by atoms with Crippen LogP contribution < -0.4 is 10.2 Å². The minimum Gasteiger partial charge on any atom is -0.343 e. The van der Waals surface area contributed by atoms with E-state index < -0.39 is 12.0 Å². The molecule has 0 amide bonds. The van der Waals surface area contributed by atoms with E-state index >= 15 is 0 Å². The SMILES string of the molecule is CCCNCC1CCCCN1c1nc(C(F)(F)F)ns1. The summed E-state index contributed by atoms with van der Waals surface area (Å²) < 4.78 is 41.1. The van der Waals surface area contributed by atoms with Crippen LogP contribution in [-0.2, 0) is 6.18 Å². The zero-order valence-electron chi connectivity index (χ0n) is 11.4. The molecule has 114 valence electrons. The van der Waals surface area contributed by atoms with Gasteiger partial charge in [-0.15, -0.1) is 0 Å². The molecule has 0 spiro atoms. The highest BCUT2D eigenvalue weighted by Crippen LogP contribution is 2.32. The molecular formula is C12H19F3N4S. The number of nitrogens with zero attached hydrogens (tertiary/aromatic N) is 3. The topological polar surface area (TPSA) is 41.0 Å². The van der Waals surface area contributed by atoms with Crippen molar-refractivity contribution in [3.8, 4) is 0 Å². The van der Waals surface area contributed by atoms with Crippen molar-refractivity contribution in [2.75, 3.05) is 24.5 Å². The van der Waals surface area contributed by atoms with Gasteiger partial charge in [0.2, 0.25) is 11.0 Å². The van der Waals surface area contributed by atoms with Crippen LogP contribution in [0.4, 0.5) is 18.3 Å². The quantitative estimate of drug-likeness (QED) is 0.849. The van der Waals surface area contributed by atoms with Gasteiger partial charge in [0.05, 0.1) is 0 Å². The Morgan fingerprint density at radius 1 is 1.40 bits per heavy atom. The van der Waals surface area contributed by atoms with E-state index in [1.807, 2.05) is 4.90 Å². The second kappa shape index (κ2) is 6.71. The maximum atomic E-state index is 12.6. The maximum Gasteiger partial charge on any atom is 0.452 e. The monoisotopic (exact) mass is 308 g/mol. The van der Waals surface area contributed by atoms with Crippen molar-refractivity contribution >= 4 is 16.7 Å². The zero-order valence-corrected chi connectivity index (χ0v) is 12.2. The highest BCUT2D eigenvalue weighted by Gasteiger charge is 2.37. The van der Waals surface area contributed by atoms with Crippen LogP contribution in [0.5, 0.6) is 0 Å². The van der Waals surface area contributed by atoms with Gasteiger partial charge in [-0.3, -0.25) is 0 Å². The maximum absolute atomic E-state index is 12.6. The van der Waals surface area contributed by atoms with Gasteiger partial charge in [-0.25, -0.2) is 0 Å². The molecule has 8 heteroatoms. The van der Waals surface area contributed by atoms with E-state index in [1.165, 1.54) is 0 Å². The number of alkyl halides is 3. The van der Waals surface area contributed by atoms with Crippen LogP contribution in [0.3, 0.4) is 0 Å². The van der Waals surface area contributed by atoms with Crippen molar-refractivity contribution in [2.24, 2.45) is 0 Å². The van der Waals surface area contributed by atoms with Crippen molar-refractivity contribution in [3.05, 3.63) is 5.82 Å². The molecule has 1 aromatic heterocycles. The molecule has 1 aromatic rings. The third kappa shape index (κ3) is 3.82. The first-order valence-electron chi connectivity index (χ1n) is 6.90. The van der Waals surface area contributed by atoms with Gasteiger partial charge in [0, 0.05) is 30.7 Å². The smallest absolute Gasteiger partial charge is 0.343 e. The molecule has 2 rings (SSSR count). The highest BCUT2D eigenvalue weighted by molar-refractivity contribution is 7.09. The molecule has 1 aliphatic heterocycles. The number of hydrogen-bond donors (Lipinski definition) is 1. The number of anilines is 1. The third-order valence-electron chi connectivity index (χ3n) is 3.35. The largest absolute Gasteiger partial charge is 0.452 e. The molecule has 0 aliphatic carbocycles. The van der Waals surface area contributed by atoms with Gasteiger partial charge in [-0.05, 0) is 32.2 Å². The number of piperidine rings is 1. The summed E-state index contributed by atoms with van der Waals surface area (Å²) in [6.07, 6.45) is -0.326. The van der Waals surface area contributed by atoms with Gasteiger partial charge in [0.15, 0.2) is 0 Å². The van der Waals surface area contributed by atoms with Gasteiger partial charge in [-0.1, -0.05) is 6.92 Å². The number of hydrogen-bond acceptors (Lipinski definition) is 5. The Hall–Kier alpha value is -0.890. The molecule has 1 saturated heterocycles. The predicted molar refractivity (Wildman–Crippen MR) is 73.1 cm³/mol. The molecule has 0 radical (unpaired) electrons. The summed E-state index contributed by atoms with van der Waals surface area (Å²) in [6, 6.07) is 0.212. The lowest BCUT2D eigenvalue weighted by Crippen LogP contribution is -2.45. The molecule has 0 aromatic carbocycles. The molecular weight excluding hydrogens is 289 g/mol. The van der Waals surface area contributed by atoms with Crippen molar-refractivity contribution in [1.29, 1.82) is 0 Å². The lowest BCUT2D eigenvalue weighted by atomic mass is 10.0. The van der Waals surface area contributed by atoms with E-state index in [2.05, 4.69) is 21.6 Å². The van der Waals surface area contributed by atoms with Gasteiger partial charge in [0.25, 0.3) is 0 Å². The van der Waals surface area contributed by atoms with Crippen LogP contribution in [0.15, 0.2) is 0 Å². The summed E-state index contributed by atoms with van der Waals surface area (Å²) in [6.45, 7) is 4.56. The number of rotatable bonds is 5. The van der Waals surface area contributed by atoms with Crippen LogP contribution in [0.25, 0.3) is 0 Å². The Bertz CT molecular complexity index is 421. The molecule has 1 unspecified atom stereocenters. The molecule has 2 heterocycles. The van der Waals surface area contributed by atoms with E-state index in [9.17, 15) is 13.2 Å². The molecule has 1 atom stereocenters. The van der Waals surface area contributed by atoms with Gasteiger partial charge in [0.1, 0.15) is 0 Å². The summed E-state index contributed by atoms with van der Waals surface area (Å²) in [5, 5.41) is 3.72. The molecule has 4 nitrogen and oxygen atoms in total. The third-order valence-corrected chi connectivity index (χ3v) is 4.10. The van der Waals surface area contributed by atoms with Crippen LogP contribution in [0, 0.1) is 0 Å². The zero-order chi connectivity index (χ0) is 14.6. The fourth-order valence-corrected chi connectivity index (χ4v) is 3.14. The van der Waals surface area contributed by atoms with Crippen molar-refractivity contribution in [2.45, 2.75) is 44.8 Å². The van der Waals surface area contributed by atoms with Gasteiger partial charge < -0.3 is 10.2 Å². The molecule has 0 saturated carbocycles. The Kier molecular flexibility index (Phi) is 5.20. The van der Waals surface area contributed by atoms with Crippen LogP contribution in [0.1, 0.15) is 38.4 Å². The van der Waals surface area contributed by atoms with Crippen molar-refractivity contribution < 1.29 is 13.2 Å². The Balaban J connectivity index is 2.05. The van der Waals surface area contributed by atoms with E-state index in [4.69, 9.17) is 0 Å². The van der Waals surface area contributed by atoms with E-state index in [0.29, 0.717) is 5.13 Å². The van der Waals surface area contributed by atoms with Gasteiger partial charge >= 0.3 is 6.18 Å². The summed E-state index contributed by atoms with van der Waals surface area (Å²) in [5.41, 5.74) is 0. The fraction of sp³-hybridized carbons (Fsp3) is 0.833. The van der Waals surface area contributed by atoms with Crippen molar-refractivity contribution in [3.63, 3.8) is 0 Å². The average Bonchev–Trinajstić information content (AvgIpc) is 2.89. The number of aromatic nitrogens is 2. The standard InChI is InChI=1S/C12H19F3N4S/c1-2-6-16-8-9-5-3-4-7-19(9)11-17-10(18-20-11)12(13,14)15/h9,16H,2-8H2,1H3. The first kappa shape index (κ1) is 15.5. The first-order chi connectivity index (χ1) is 9.52. The minimum absolute atomic E-state index is 0.212. The van der Waals surface area contributed by atoms with Crippen LogP contribution >= 0.6 is 11.5 Å². The minimum atomic E-state index is -4.46. The molecule has 0 bridgehead atoms. The van der Waals surface area contributed by atoms with Crippen LogP contribution in [-0.4, -0.2) is 35.0 Å².